The molecule has 0 saturated heterocycles. The summed E-state index contributed by atoms with van der Waals surface area (Å²) in [5.41, 5.74) is 6.83. The molecule has 1 atom stereocenters. The van der Waals surface area contributed by atoms with E-state index in [9.17, 15) is 4.79 Å². The summed E-state index contributed by atoms with van der Waals surface area (Å²) >= 11 is 1.64. The van der Waals surface area contributed by atoms with Gasteiger partial charge in [0.25, 0.3) is 5.91 Å². The molecule has 1 aliphatic carbocycles. The van der Waals surface area contributed by atoms with E-state index in [-0.39, 0.29) is 23.9 Å². The van der Waals surface area contributed by atoms with Gasteiger partial charge in [0, 0.05) is 11.4 Å². The van der Waals surface area contributed by atoms with Gasteiger partial charge in [0.05, 0.1) is 10.4 Å². The molecular formula is C14H23ClN2OS. The van der Waals surface area contributed by atoms with E-state index in [0.29, 0.717) is 12.5 Å². The fraction of sp³-hybridized carbons (Fsp3) is 0.643. The molecule has 2 rings (SSSR count). The van der Waals surface area contributed by atoms with Crippen LogP contribution in [-0.4, -0.2) is 18.0 Å². The van der Waals surface area contributed by atoms with Gasteiger partial charge in [-0.2, -0.15) is 0 Å². The standard InChI is InChI=1S/C14H22N2OS.ClH/c1-9(2)14(3,8-15)16-13(17)12-7-10-5-4-6-11(10)18-12;/h7,9H,4-6,8,15H2,1-3H3,(H,16,17);1H. The smallest absolute Gasteiger partial charge is 0.261 e. The molecule has 1 aromatic rings. The van der Waals surface area contributed by atoms with Gasteiger partial charge >= 0.3 is 0 Å². The predicted molar refractivity (Wildman–Crippen MR) is 83.4 cm³/mol. The van der Waals surface area contributed by atoms with Crippen molar-refractivity contribution in [2.45, 2.75) is 45.6 Å². The van der Waals surface area contributed by atoms with Gasteiger partial charge in [-0.05, 0) is 43.7 Å². The number of thiophene rings is 1. The maximum atomic E-state index is 12.3. The van der Waals surface area contributed by atoms with Crippen LogP contribution in [0.1, 0.15) is 47.3 Å². The molecule has 0 spiro atoms. The monoisotopic (exact) mass is 302 g/mol. The van der Waals surface area contributed by atoms with E-state index < -0.39 is 0 Å². The molecule has 0 aromatic carbocycles. The average Bonchev–Trinajstić information content (AvgIpc) is 2.88. The second-order valence-corrected chi connectivity index (χ2v) is 6.78. The minimum Gasteiger partial charge on any atom is -0.345 e. The van der Waals surface area contributed by atoms with E-state index in [1.807, 2.05) is 6.92 Å². The van der Waals surface area contributed by atoms with Crippen LogP contribution in [0.25, 0.3) is 0 Å². The molecule has 0 bridgehead atoms. The zero-order valence-electron chi connectivity index (χ0n) is 11.8. The number of fused-ring (bicyclic) bond motifs is 1. The summed E-state index contributed by atoms with van der Waals surface area (Å²) in [6.07, 6.45) is 3.48. The fourth-order valence-corrected chi connectivity index (χ4v) is 3.34. The molecule has 19 heavy (non-hydrogen) atoms. The Kier molecular flexibility index (Phi) is 5.42. The molecule has 1 aliphatic rings. The van der Waals surface area contributed by atoms with Crippen molar-refractivity contribution in [3.05, 3.63) is 21.4 Å². The molecule has 5 heteroatoms. The lowest BCUT2D eigenvalue weighted by Gasteiger charge is -2.33. The van der Waals surface area contributed by atoms with E-state index in [1.54, 1.807) is 11.3 Å². The zero-order valence-corrected chi connectivity index (χ0v) is 13.4. The Morgan fingerprint density at radius 2 is 2.21 bits per heavy atom. The second kappa shape index (κ2) is 6.25. The third kappa shape index (κ3) is 3.30. The summed E-state index contributed by atoms with van der Waals surface area (Å²) in [6, 6.07) is 2.06. The van der Waals surface area contributed by atoms with Crippen LogP contribution in [0.3, 0.4) is 0 Å². The largest absolute Gasteiger partial charge is 0.345 e. The molecular weight excluding hydrogens is 280 g/mol. The Balaban J connectivity index is 0.00000180. The number of carbonyl (C=O) groups is 1. The number of aryl methyl sites for hydroxylation is 2. The predicted octanol–water partition coefficient (Wildman–Crippen LogP) is 2.76. The van der Waals surface area contributed by atoms with Crippen LogP contribution in [0.5, 0.6) is 0 Å². The first kappa shape index (κ1) is 16.5. The normalized spacial score (nSPS) is 16.7. The average molecular weight is 303 g/mol. The lowest BCUT2D eigenvalue weighted by Crippen LogP contribution is -2.54. The van der Waals surface area contributed by atoms with Crippen molar-refractivity contribution in [1.82, 2.24) is 5.32 Å². The summed E-state index contributed by atoms with van der Waals surface area (Å²) in [5, 5.41) is 3.09. The number of amides is 1. The van der Waals surface area contributed by atoms with Crippen molar-refractivity contribution < 1.29 is 4.79 Å². The quantitative estimate of drug-likeness (QED) is 0.898. The molecule has 0 fully saturated rings. The first-order valence-electron chi connectivity index (χ1n) is 6.60. The van der Waals surface area contributed by atoms with E-state index in [2.05, 4.69) is 25.2 Å². The van der Waals surface area contributed by atoms with Gasteiger partial charge in [0.2, 0.25) is 0 Å². The van der Waals surface area contributed by atoms with Crippen LogP contribution >= 0.6 is 23.7 Å². The van der Waals surface area contributed by atoms with Crippen molar-refractivity contribution in [3.8, 4) is 0 Å². The van der Waals surface area contributed by atoms with Crippen molar-refractivity contribution in [1.29, 1.82) is 0 Å². The summed E-state index contributed by atoms with van der Waals surface area (Å²) in [6.45, 7) is 6.64. The molecule has 1 aromatic heterocycles. The number of nitrogens with one attached hydrogen (secondary N) is 1. The maximum absolute atomic E-state index is 12.3. The Morgan fingerprint density at radius 3 is 2.74 bits per heavy atom. The third-order valence-electron chi connectivity index (χ3n) is 4.07. The van der Waals surface area contributed by atoms with E-state index in [1.165, 1.54) is 16.9 Å². The van der Waals surface area contributed by atoms with E-state index >= 15 is 0 Å². The lowest BCUT2D eigenvalue weighted by atomic mass is 9.88. The SMILES string of the molecule is CC(C)C(C)(CN)NC(=O)c1cc2c(s1)CCC2.Cl. The van der Waals surface area contributed by atoms with Crippen LogP contribution in [0.4, 0.5) is 0 Å². The lowest BCUT2D eigenvalue weighted by molar-refractivity contribution is 0.0887. The molecule has 1 heterocycles. The first-order valence-corrected chi connectivity index (χ1v) is 7.42. The Morgan fingerprint density at radius 1 is 1.53 bits per heavy atom. The number of hydrogen-bond donors (Lipinski definition) is 2. The number of halogens is 1. The number of nitrogens with two attached hydrogens (primary N) is 1. The van der Waals surface area contributed by atoms with Crippen molar-refractivity contribution >= 4 is 29.7 Å². The van der Waals surface area contributed by atoms with Gasteiger partial charge in [-0.25, -0.2) is 0 Å². The van der Waals surface area contributed by atoms with Crippen molar-refractivity contribution in [2.75, 3.05) is 6.54 Å². The van der Waals surface area contributed by atoms with E-state index in [4.69, 9.17) is 5.73 Å². The summed E-state index contributed by atoms with van der Waals surface area (Å²) in [5.74, 6) is 0.342. The fourth-order valence-electron chi connectivity index (χ4n) is 2.19. The highest BCUT2D eigenvalue weighted by molar-refractivity contribution is 7.14. The van der Waals surface area contributed by atoms with Gasteiger partial charge in [0.15, 0.2) is 0 Å². The van der Waals surface area contributed by atoms with Gasteiger partial charge < -0.3 is 11.1 Å². The minimum absolute atomic E-state index is 0. The third-order valence-corrected chi connectivity index (χ3v) is 5.30. The Hall–Kier alpha value is -0.580. The Bertz CT molecular complexity index is 437. The molecule has 0 aliphatic heterocycles. The van der Waals surface area contributed by atoms with Gasteiger partial charge in [-0.15, -0.1) is 23.7 Å². The molecule has 3 N–H and O–H groups in total. The van der Waals surface area contributed by atoms with Gasteiger partial charge in [-0.1, -0.05) is 13.8 Å². The zero-order chi connectivity index (χ0) is 13.3. The summed E-state index contributed by atoms with van der Waals surface area (Å²) in [4.78, 5) is 14.5. The Labute approximate surface area is 125 Å². The highest BCUT2D eigenvalue weighted by atomic mass is 35.5. The van der Waals surface area contributed by atoms with Crippen LogP contribution in [0, 0.1) is 5.92 Å². The molecule has 1 amide bonds. The van der Waals surface area contributed by atoms with Crippen LogP contribution in [0.2, 0.25) is 0 Å². The summed E-state index contributed by atoms with van der Waals surface area (Å²) < 4.78 is 0. The van der Waals surface area contributed by atoms with Crippen molar-refractivity contribution in [2.24, 2.45) is 11.7 Å². The number of carbonyl (C=O) groups excluding carboxylic acids is 1. The van der Waals surface area contributed by atoms with Gasteiger partial charge in [0.1, 0.15) is 0 Å². The maximum Gasteiger partial charge on any atom is 0.261 e. The van der Waals surface area contributed by atoms with Crippen LogP contribution in [-0.2, 0) is 12.8 Å². The van der Waals surface area contributed by atoms with E-state index in [0.717, 1.165) is 17.7 Å². The van der Waals surface area contributed by atoms with Crippen molar-refractivity contribution in [3.63, 3.8) is 0 Å². The molecule has 1 unspecified atom stereocenters. The number of rotatable bonds is 4. The second-order valence-electron chi connectivity index (χ2n) is 5.64. The topological polar surface area (TPSA) is 55.1 Å². The molecule has 0 saturated carbocycles. The van der Waals surface area contributed by atoms with Crippen LogP contribution < -0.4 is 11.1 Å². The highest BCUT2D eigenvalue weighted by Gasteiger charge is 2.30. The highest BCUT2D eigenvalue weighted by Crippen LogP contribution is 2.31. The first-order chi connectivity index (χ1) is 8.46. The number of hydrogen-bond acceptors (Lipinski definition) is 3. The molecule has 108 valence electrons. The molecule has 0 radical (unpaired) electrons. The van der Waals surface area contributed by atoms with Gasteiger partial charge in [-0.3, -0.25) is 4.79 Å². The molecule has 3 nitrogen and oxygen atoms in total. The minimum atomic E-state index is -0.328. The van der Waals surface area contributed by atoms with Crippen LogP contribution in [0.15, 0.2) is 6.07 Å². The summed E-state index contributed by atoms with van der Waals surface area (Å²) in [7, 11) is 0.